The number of halogens is 3. The molecule has 0 radical (unpaired) electrons. The number of alkyl halides is 1. The summed E-state index contributed by atoms with van der Waals surface area (Å²) in [5.41, 5.74) is 0.669. The lowest BCUT2D eigenvalue weighted by Crippen LogP contribution is -2.27. The van der Waals surface area contributed by atoms with Crippen molar-refractivity contribution in [3.63, 3.8) is 0 Å². The monoisotopic (exact) mass is 445 g/mol. The second kappa shape index (κ2) is 8.35. The summed E-state index contributed by atoms with van der Waals surface area (Å²) in [5, 5.41) is 2.78. The van der Waals surface area contributed by atoms with Gasteiger partial charge in [-0.3, -0.25) is 4.79 Å². The van der Waals surface area contributed by atoms with Crippen molar-refractivity contribution in [1.82, 2.24) is 5.32 Å². The normalized spacial score (nSPS) is 12.2. The zero-order valence-corrected chi connectivity index (χ0v) is 14.4. The van der Waals surface area contributed by atoms with Gasteiger partial charge in [0.05, 0.1) is 17.5 Å². The first-order valence-electron chi connectivity index (χ1n) is 5.41. The van der Waals surface area contributed by atoms with Gasteiger partial charge in [-0.2, -0.15) is 0 Å². The Bertz CT molecular complexity index is 417. The minimum absolute atomic E-state index is 0.0723. The number of nitrogens with one attached hydrogen (secondary N) is 1. The fourth-order valence-electron chi connectivity index (χ4n) is 1.37. The molecule has 18 heavy (non-hydrogen) atoms. The molecule has 0 spiro atoms. The van der Waals surface area contributed by atoms with Crippen LogP contribution in [0.25, 0.3) is 0 Å². The molecule has 0 aliphatic carbocycles. The molecule has 0 aliphatic rings. The third-order valence-electron chi connectivity index (χ3n) is 2.26. The van der Waals surface area contributed by atoms with E-state index in [1.165, 1.54) is 0 Å². The molecule has 1 aromatic carbocycles. The lowest BCUT2D eigenvalue weighted by Gasteiger charge is -2.10. The fraction of sp³-hybridized carbons (Fsp3) is 0.417. The second-order valence-corrected chi connectivity index (χ2v) is 6.42. The van der Waals surface area contributed by atoms with Crippen LogP contribution in [0, 0.1) is 3.57 Å². The van der Waals surface area contributed by atoms with Gasteiger partial charge >= 0.3 is 0 Å². The highest BCUT2D eigenvalue weighted by atomic mass is 127. The first-order chi connectivity index (χ1) is 8.54. The van der Waals surface area contributed by atoms with Gasteiger partial charge < -0.3 is 10.1 Å². The van der Waals surface area contributed by atoms with Crippen LogP contribution in [0.15, 0.2) is 22.7 Å². The minimum atomic E-state index is -0.0815. The average molecular weight is 447 g/mol. The number of hydrogen-bond acceptors (Lipinski definition) is 2. The van der Waals surface area contributed by atoms with Crippen molar-refractivity contribution in [1.29, 1.82) is 0 Å². The van der Waals surface area contributed by atoms with Gasteiger partial charge in [-0.15, -0.1) is 11.6 Å². The highest BCUT2D eigenvalue weighted by Gasteiger charge is 2.11. The first kappa shape index (κ1) is 16.2. The van der Waals surface area contributed by atoms with Crippen LogP contribution in [0.1, 0.15) is 16.8 Å². The highest BCUT2D eigenvalue weighted by Crippen LogP contribution is 2.18. The lowest BCUT2D eigenvalue weighted by atomic mass is 10.2. The molecule has 1 aromatic rings. The minimum Gasteiger partial charge on any atom is -0.383 e. The third-order valence-corrected chi connectivity index (χ3v) is 4.04. The quantitative estimate of drug-likeness (QED) is 0.537. The van der Waals surface area contributed by atoms with Crippen molar-refractivity contribution < 1.29 is 9.53 Å². The summed E-state index contributed by atoms with van der Waals surface area (Å²) < 4.78 is 6.74. The Kier molecular flexibility index (Phi) is 7.51. The molecule has 0 aromatic heterocycles. The summed E-state index contributed by atoms with van der Waals surface area (Å²) in [4.78, 5) is 11.9. The van der Waals surface area contributed by atoms with E-state index in [0.29, 0.717) is 25.1 Å². The molecule has 0 saturated heterocycles. The number of rotatable bonds is 6. The van der Waals surface area contributed by atoms with Crippen molar-refractivity contribution in [2.24, 2.45) is 0 Å². The van der Waals surface area contributed by atoms with Crippen LogP contribution in [-0.4, -0.2) is 31.5 Å². The highest BCUT2D eigenvalue weighted by molar-refractivity contribution is 14.1. The number of amides is 1. The van der Waals surface area contributed by atoms with E-state index in [4.69, 9.17) is 16.3 Å². The van der Waals surface area contributed by atoms with Crippen LogP contribution in [0.4, 0.5) is 0 Å². The van der Waals surface area contributed by atoms with E-state index < -0.39 is 0 Å². The molecule has 0 bridgehead atoms. The van der Waals surface area contributed by atoms with Gasteiger partial charge in [0, 0.05) is 21.7 Å². The average Bonchev–Trinajstić information content (AvgIpc) is 2.32. The van der Waals surface area contributed by atoms with E-state index in [-0.39, 0.29) is 11.3 Å². The Morgan fingerprint density at radius 3 is 3.00 bits per heavy atom. The molecule has 1 atom stereocenters. The summed E-state index contributed by atoms with van der Waals surface area (Å²) in [7, 11) is 1.61. The summed E-state index contributed by atoms with van der Waals surface area (Å²) in [6.45, 7) is 1.03. The maximum atomic E-state index is 11.9. The van der Waals surface area contributed by atoms with Crippen LogP contribution >= 0.6 is 50.1 Å². The molecule has 1 unspecified atom stereocenters. The molecule has 0 heterocycles. The van der Waals surface area contributed by atoms with Crippen LogP contribution < -0.4 is 5.32 Å². The lowest BCUT2D eigenvalue weighted by molar-refractivity contribution is 0.0950. The molecule has 1 rings (SSSR count). The fourth-order valence-corrected chi connectivity index (χ4v) is 2.55. The number of carbonyl (C=O) groups excluding carboxylic acids is 1. The number of hydrogen-bond donors (Lipinski definition) is 1. The zero-order chi connectivity index (χ0) is 13.5. The standard InChI is InChI=1S/C12H14BrClINO2/c1-18-7-9(14)4-5-16-12(17)10-6-8(13)2-3-11(10)15/h2-3,6,9H,4-5,7H2,1H3,(H,16,17). The van der Waals surface area contributed by atoms with Crippen LogP contribution in [0.2, 0.25) is 0 Å². The zero-order valence-electron chi connectivity index (χ0n) is 9.88. The van der Waals surface area contributed by atoms with Gasteiger partial charge in [-0.25, -0.2) is 0 Å². The molecule has 3 nitrogen and oxygen atoms in total. The van der Waals surface area contributed by atoms with Crippen LogP contribution in [0.3, 0.4) is 0 Å². The van der Waals surface area contributed by atoms with E-state index in [1.807, 2.05) is 18.2 Å². The third kappa shape index (κ3) is 5.42. The first-order valence-corrected chi connectivity index (χ1v) is 7.71. The number of benzene rings is 1. The molecule has 0 fully saturated rings. The number of ether oxygens (including phenoxy) is 1. The topological polar surface area (TPSA) is 38.3 Å². The number of carbonyl (C=O) groups is 1. The van der Waals surface area contributed by atoms with E-state index in [1.54, 1.807) is 7.11 Å². The maximum Gasteiger partial charge on any atom is 0.252 e. The van der Waals surface area contributed by atoms with Crippen LogP contribution in [0.5, 0.6) is 0 Å². The van der Waals surface area contributed by atoms with E-state index in [0.717, 1.165) is 8.04 Å². The van der Waals surface area contributed by atoms with Gasteiger partial charge in [-0.1, -0.05) is 15.9 Å². The Morgan fingerprint density at radius 1 is 1.61 bits per heavy atom. The van der Waals surface area contributed by atoms with Gasteiger partial charge in [0.1, 0.15) is 0 Å². The van der Waals surface area contributed by atoms with Gasteiger partial charge in [-0.05, 0) is 47.2 Å². The molecule has 0 aliphatic heterocycles. The second-order valence-electron chi connectivity index (χ2n) is 3.72. The molecule has 100 valence electrons. The Balaban J connectivity index is 2.48. The van der Waals surface area contributed by atoms with Gasteiger partial charge in [0.25, 0.3) is 5.91 Å². The van der Waals surface area contributed by atoms with Crippen molar-refractivity contribution in [3.05, 3.63) is 31.8 Å². The largest absolute Gasteiger partial charge is 0.383 e. The summed E-state index contributed by atoms with van der Waals surface area (Å²) in [6.07, 6.45) is 0.686. The van der Waals surface area contributed by atoms with E-state index in [9.17, 15) is 4.79 Å². The van der Waals surface area contributed by atoms with Crippen molar-refractivity contribution in [2.75, 3.05) is 20.3 Å². The molecule has 1 N–H and O–H groups in total. The van der Waals surface area contributed by atoms with Gasteiger partial charge in [0.15, 0.2) is 0 Å². The molecule has 1 amide bonds. The summed E-state index contributed by atoms with van der Waals surface area (Å²) in [5.74, 6) is -0.0815. The van der Waals surface area contributed by atoms with Crippen molar-refractivity contribution >= 4 is 56.0 Å². The van der Waals surface area contributed by atoms with Crippen LogP contribution in [-0.2, 0) is 4.74 Å². The summed E-state index contributed by atoms with van der Waals surface area (Å²) >= 11 is 11.5. The SMILES string of the molecule is COCC(Cl)CCNC(=O)c1cc(Br)ccc1I. The maximum absolute atomic E-state index is 11.9. The molecule has 0 saturated carbocycles. The van der Waals surface area contributed by atoms with Crippen molar-refractivity contribution in [3.8, 4) is 0 Å². The van der Waals surface area contributed by atoms with E-state index >= 15 is 0 Å². The van der Waals surface area contributed by atoms with E-state index in [2.05, 4.69) is 43.8 Å². The molecular formula is C12H14BrClINO2. The Morgan fingerprint density at radius 2 is 2.33 bits per heavy atom. The smallest absolute Gasteiger partial charge is 0.252 e. The summed E-state index contributed by atoms with van der Waals surface area (Å²) in [6, 6.07) is 5.62. The van der Waals surface area contributed by atoms with Crippen molar-refractivity contribution in [2.45, 2.75) is 11.8 Å². The molecule has 6 heteroatoms. The number of methoxy groups -OCH3 is 1. The Hall–Kier alpha value is 0.150. The Labute approximate surface area is 134 Å². The molecular weight excluding hydrogens is 432 g/mol. The predicted molar refractivity (Wildman–Crippen MR) is 85.3 cm³/mol. The van der Waals surface area contributed by atoms with Gasteiger partial charge in [0.2, 0.25) is 0 Å². The predicted octanol–water partition coefficient (Wildman–Crippen LogP) is 3.43.